The monoisotopic (exact) mass is 416 g/mol. The van der Waals surface area contributed by atoms with Crippen molar-refractivity contribution in [2.75, 3.05) is 17.8 Å². The van der Waals surface area contributed by atoms with E-state index >= 15 is 0 Å². The van der Waals surface area contributed by atoms with Crippen molar-refractivity contribution in [3.8, 4) is 0 Å². The van der Waals surface area contributed by atoms with E-state index in [0.29, 0.717) is 41.4 Å². The van der Waals surface area contributed by atoms with Gasteiger partial charge in [-0.05, 0) is 61.1 Å². The highest BCUT2D eigenvalue weighted by atomic mass is 35.5. The summed E-state index contributed by atoms with van der Waals surface area (Å²) in [7, 11) is -3.79. The molecule has 2 aromatic carbocycles. The molecular formula is C21H21ClN2O3S. The number of carbonyl (C=O) groups excluding carboxylic acids is 1. The molecule has 2 aromatic rings. The van der Waals surface area contributed by atoms with Crippen LogP contribution in [-0.2, 0) is 16.4 Å². The number of anilines is 1. The fraction of sp³-hybridized carbons (Fsp3) is 0.286. The number of likely N-dealkylation sites (tertiary alicyclic amines) is 1. The summed E-state index contributed by atoms with van der Waals surface area (Å²) in [5.74, 6) is -0.171. The van der Waals surface area contributed by atoms with E-state index in [9.17, 15) is 13.2 Å². The number of halogens is 1. The third kappa shape index (κ3) is 3.80. The lowest BCUT2D eigenvalue weighted by Gasteiger charge is -2.20. The SMILES string of the molecule is O=C(c1ccc(Cl)cc1NS(=O)(=O)C1=Cc2ccccc2CC1)N1CCCC1. The first-order valence-electron chi connectivity index (χ1n) is 9.34. The van der Waals surface area contributed by atoms with Gasteiger partial charge in [0.2, 0.25) is 0 Å². The zero-order chi connectivity index (χ0) is 19.7. The average Bonchev–Trinajstić information content (AvgIpc) is 3.22. The van der Waals surface area contributed by atoms with Gasteiger partial charge in [0.1, 0.15) is 0 Å². The van der Waals surface area contributed by atoms with E-state index < -0.39 is 10.0 Å². The number of allylic oxidation sites excluding steroid dienone is 1. The zero-order valence-corrected chi connectivity index (χ0v) is 16.9. The fourth-order valence-electron chi connectivity index (χ4n) is 3.71. The Morgan fingerprint density at radius 3 is 2.57 bits per heavy atom. The molecule has 146 valence electrons. The Bertz CT molecular complexity index is 1060. The van der Waals surface area contributed by atoms with Gasteiger partial charge in [0.05, 0.1) is 16.2 Å². The number of sulfonamides is 1. The van der Waals surface area contributed by atoms with E-state index in [-0.39, 0.29) is 11.6 Å². The normalized spacial score (nSPS) is 16.5. The lowest BCUT2D eigenvalue weighted by Crippen LogP contribution is -2.29. The van der Waals surface area contributed by atoms with Gasteiger partial charge in [-0.2, -0.15) is 0 Å². The molecule has 0 atom stereocenters. The van der Waals surface area contributed by atoms with Gasteiger partial charge in [0, 0.05) is 18.1 Å². The molecule has 2 aliphatic rings. The molecule has 1 aliphatic heterocycles. The zero-order valence-electron chi connectivity index (χ0n) is 15.3. The minimum atomic E-state index is -3.79. The second kappa shape index (κ2) is 7.60. The van der Waals surface area contributed by atoms with Crippen LogP contribution in [0, 0.1) is 0 Å². The Labute approximate surface area is 170 Å². The molecule has 1 heterocycles. The van der Waals surface area contributed by atoms with Crippen LogP contribution in [0.1, 0.15) is 40.7 Å². The predicted octanol–water partition coefficient (Wildman–Crippen LogP) is 4.31. The van der Waals surface area contributed by atoms with Crippen molar-refractivity contribution in [1.29, 1.82) is 0 Å². The Balaban J connectivity index is 1.66. The summed E-state index contributed by atoms with van der Waals surface area (Å²) in [5, 5.41) is 0.374. The number of nitrogens with zero attached hydrogens (tertiary/aromatic N) is 1. The predicted molar refractivity (Wildman–Crippen MR) is 112 cm³/mol. The Kier molecular flexibility index (Phi) is 5.17. The first kappa shape index (κ1) is 19.0. The van der Waals surface area contributed by atoms with Crippen LogP contribution in [0.3, 0.4) is 0 Å². The largest absolute Gasteiger partial charge is 0.339 e. The number of benzene rings is 2. The number of carbonyl (C=O) groups is 1. The van der Waals surface area contributed by atoms with Crippen LogP contribution < -0.4 is 4.72 Å². The molecule has 1 saturated heterocycles. The second-order valence-corrected chi connectivity index (χ2v) is 9.28. The first-order chi connectivity index (χ1) is 13.4. The molecule has 4 rings (SSSR count). The summed E-state index contributed by atoms with van der Waals surface area (Å²) in [4.78, 5) is 14.9. The second-order valence-electron chi connectivity index (χ2n) is 7.10. The topological polar surface area (TPSA) is 66.5 Å². The number of hydrogen-bond donors (Lipinski definition) is 1. The Hall–Kier alpha value is -2.31. The molecule has 28 heavy (non-hydrogen) atoms. The van der Waals surface area contributed by atoms with E-state index in [1.165, 1.54) is 6.07 Å². The lowest BCUT2D eigenvalue weighted by atomic mass is 9.98. The number of rotatable bonds is 4. The maximum Gasteiger partial charge on any atom is 0.258 e. The van der Waals surface area contributed by atoms with Gasteiger partial charge in [0.15, 0.2) is 0 Å². The highest BCUT2D eigenvalue weighted by molar-refractivity contribution is 7.96. The first-order valence-corrected chi connectivity index (χ1v) is 11.2. The van der Waals surface area contributed by atoms with Crippen LogP contribution in [0.2, 0.25) is 5.02 Å². The Morgan fingerprint density at radius 1 is 1.04 bits per heavy atom. The van der Waals surface area contributed by atoms with Crippen LogP contribution in [0.25, 0.3) is 6.08 Å². The van der Waals surface area contributed by atoms with Crippen LogP contribution in [0.15, 0.2) is 47.4 Å². The summed E-state index contributed by atoms with van der Waals surface area (Å²) in [6.07, 6.45) is 4.72. The van der Waals surface area contributed by atoms with E-state index in [1.54, 1.807) is 23.1 Å². The number of amides is 1. The van der Waals surface area contributed by atoms with Crippen LogP contribution in [-0.4, -0.2) is 32.3 Å². The van der Waals surface area contributed by atoms with Gasteiger partial charge in [-0.25, -0.2) is 8.42 Å². The number of hydrogen-bond acceptors (Lipinski definition) is 3. The lowest BCUT2D eigenvalue weighted by molar-refractivity contribution is 0.0794. The molecule has 0 saturated carbocycles. The van der Waals surface area contributed by atoms with E-state index in [1.807, 2.05) is 24.3 Å². The number of fused-ring (bicyclic) bond motifs is 1. The molecule has 0 aromatic heterocycles. The van der Waals surface area contributed by atoms with E-state index in [0.717, 1.165) is 24.0 Å². The molecule has 0 radical (unpaired) electrons. The third-order valence-electron chi connectivity index (χ3n) is 5.21. The minimum Gasteiger partial charge on any atom is -0.339 e. The van der Waals surface area contributed by atoms with Crippen molar-refractivity contribution in [1.82, 2.24) is 4.90 Å². The highest BCUT2D eigenvalue weighted by Crippen LogP contribution is 2.30. The molecule has 0 bridgehead atoms. The summed E-state index contributed by atoms with van der Waals surface area (Å²) in [6.45, 7) is 1.38. The smallest absolute Gasteiger partial charge is 0.258 e. The molecule has 5 nitrogen and oxygen atoms in total. The number of aryl methyl sites for hydroxylation is 1. The van der Waals surface area contributed by atoms with Crippen molar-refractivity contribution in [2.24, 2.45) is 0 Å². The van der Waals surface area contributed by atoms with Crippen molar-refractivity contribution in [3.05, 3.63) is 69.1 Å². The summed E-state index contributed by atoms with van der Waals surface area (Å²) >= 11 is 6.09. The summed E-state index contributed by atoms with van der Waals surface area (Å²) < 4.78 is 28.7. The molecular weight excluding hydrogens is 396 g/mol. The summed E-state index contributed by atoms with van der Waals surface area (Å²) in [6, 6.07) is 12.5. The average molecular weight is 417 g/mol. The molecule has 1 N–H and O–H groups in total. The standard InChI is InChI=1S/C21H21ClN2O3S/c22-17-8-10-19(21(25)24-11-3-4-12-24)20(14-17)23-28(26,27)18-9-7-15-5-1-2-6-16(15)13-18/h1-2,5-6,8,10,13-14,23H,3-4,7,9,11-12H2. The van der Waals surface area contributed by atoms with E-state index in [4.69, 9.17) is 11.6 Å². The number of nitrogens with one attached hydrogen (secondary N) is 1. The van der Waals surface area contributed by atoms with Crippen molar-refractivity contribution < 1.29 is 13.2 Å². The van der Waals surface area contributed by atoms with Gasteiger partial charge in [-0.1, -0.05) is 35.9 Å². The van der Waals surface area contributed by atoms with Crippen molar-refractivity contribution in [2.45, 2.75) is 25.7 Å². The van der Waals surface area contributed by atoms with Crippen molar-refractivity contribution in [3.63, 3.8) is 0 Å². The Morgan fingerprint density at radius 2 is 1.79 bits per heavy atom. The van der Waals surface area contributed by atoms with E-state index in [2.05, 4.69) is 4.72 Å². The quantitative estimate of drug-likeness (QED) is 0.807. The van der Waals surface area contributed by atoms with Crippen LogP contribution in [0.4, 0.5) is 5.69 Å². The van der Waals surface area contributed by atoms with Gasteiger partial charge >= 0.3 is 0 Å². The molecule has 7 heteroatoms. The minimum absolute atomic E-state index is 0.171. The molecule has 1 aliphatic carbocycles. The maximum atomic E-state index is 13.0. The highest BCUT2D eigenvalue weighted by Gasteiger charge is 2.26. The third-order valence-corrected chi connectivity index (χ3v) is 6.94. The van der Waals surface area contributed by atoms with Gasteiger partial charge in [0.25, 0.3) is 15.9 Å². The van der Waals surface area contributed by atoms with Crippen molar-refractivity contribution >= 4 is 39.3 Å². The molecule has 1 amide bonds. The van der Waals surface area contributed by atoms with Crippen LogP contribution >= 0.6 is 11.6 Å². The van der Waals surface area contributed by atoms with Gasteiger partial charge in [-0.15, -0.1) is 0 Å². The fourth-order valence-corrected chi connectivity index (χ4v) is 5.12. The molecule has 0 spiro atoms. The maximum absolute atomic E-state index is 13.0. The molecule has 0 unspecified atom stereocenters. The van der Waals surface area contributed by atoms with Gasteiger partial charge in [-0.3, -0.25) is 9.52 Å². The summed E-state index contributed by atoms with van der Waals surface area (Å²) in [5.41, 5.74) is 2.60. The molecule has 1 fully saturated rings. The van der Waals surface area contributed by atoms with Gasteiger partial charge < -0.3 is 4.90 Å². The van der Waals surface area contributed by atoms with Crippen LogP contribution in [0.5, 0.6) is 0 Å².